The van der Waals surface area contributed by atoms with Crippen molar-refractivity contribution < 1.29 is 4.74 Å². The number of likely N-dealkylation sites (N-methyl/N-ethyl adjacent to an activating group) is 1. The van der Waals surface area contributed by atoms with Gasteiger partial charge in [-0.1, -0.05) is 18.2 Å². The summed E-state index contributed by atoms with van der Waals surface area (Å²) >= 11 is 0. The zero-order chi connectivity index (χ0) is 12.3. The van der Waals surface area contributed by atoms with Crippen LogP contribution in [0.25, 0.3) is 0 Å². The van der Waals surface area contributed by atoms with E-state index < -0.39 is 0 Å². The molecule has 3 heteroatoms. The van der Waals surface area contributed by atoms with Crippen LogP contribution < -0.4 is 10.1 Å². The highest BCUT2D eigenvalue weighted by molar-refractivity contribution is 5.33. The van der Waals surface area contributed by atoms with Gasteiger partial charge < -0.3 is 10.1 Å². The van der Waals surface area contributed by atoms with Crippen LogP contribution in [0.1, 0.15) is 19.4 Å². The smallest absolute Gasteiger partial charge is 0.123 e. The second-order valence-electron chi connectivity index (χ2n) is 5.30. The van der Waals surface area contributed by atoms with Crippen LogP contribution in [-0.2, 0) is 6.54 Å². The Morgan fingerprint density at radius 1 is 1.35 bits per heavy atom. The second kappa shape index (κ2) is 5.07. The average molecular weight is 234 g/mol. The van der Waals surface area contributed by atoms with E-state index in [1.807, 2.05) is 13.1 Å². The molecule has 0 amide bonds. The van der Waals surface area contributed by atoms with Crippen molar-refractivity contribution in [1.29, 1.82) is 0 Å². The largest absolute Gasteiger partial charge is 0.492 e. The van der Waals surface area contributed by atoms with Gasteiger partial charge in [0, 0.05) is 30.7 Å². The highest BCUT2D eigenvalue weighted by Crippen LogP contribution is 2.23. The number of fused-ring (bicyclic) bond motifs is 1. The third-order valence-electron chi connectivity index (χ3n) is 3.33. The Kier molecular flexibility index (Phi) is 3.69. The fourth-order valence-corrected chi connectivity index (χ4v) is 2.15. The van der Waals surface area contributed by atoms with Gasteiger partial charge in [-0.3, -0.25) is 4.90 Å². The van der Waals surface area contributed by atoms with E-state index in [1.54, 1.807) is 0 Å². The number of ether oxygens (including phenoxy) is 1. The molecular weight excluding hydrogens is 212 g/mol. The lowest BCUT2D eigenvalue weighted by Gasteiger charge is -2.31. The molecule has 3 nitrogen and oxygen atoms in total. The summed E-state index contributed by atoms with van der Waals surface area (Å²) in [6.07, 6.45) is 0. The van der Waals surface area contributed by atoms with Gasteiger partial charge in [-0.05, 0) is 27.0 Å². The first-order valence-corrected chi connectivity index (χ1v) is 6.23. The van der Waals surface area contributed by atoms with Crippen molar-refractivity contribution in [2.45, 2.75) is 25.9 Å². The second-order valence-corrected chi connectivity index (χ2v) is 5.30. The summed E-state index contributed by atoms with van der Waals surface area (Å²) in [5, 5.41) is 3.35. The Hall–Kier alpha value is -1.06. The van der Waals surface area contributed by atoms with Crippen molar-refractivity contribution in [2.75, 3.05) is 26.7 Å². The van der Waals surface area contributed by atoms with Gasteiger partial charge in [-0.2, -0.15) is 0 Å². The molecule has 94 valence electrons. The first-order valence-electron chi connectivity index (χ1n) is 6.23. The minimum Gasteiger partial charge on any atom is -0.492 e. The lowest BCUT2D eigenvalue weighted by Crippen LogP contribution is -2.47. The van der Waals surface area contributed by atoms with Gasteiger partial charge in [0.25, 0.3) is 0 Å². The number of nitrogens with zero attached hydrogens (tertiary/aromatic N) is 1. The standard InChI is InChI=1S/C14H22N2O/c1-14(2,15-3)11-16-8-9-17-13-7-5-4-6-12(13)10-16/h4-7,15H,8-11H2,1-3H3. The number of hydrogen-bond donors (Lipinski definition) is 1. The first kappa shape index (κ1) is 12.4. The van der Waals surface area contributed by atoms with Crippen molar-refractivity contribution in [1.82, 2.24) is 10.2 Å². The summed E-state index contributed by atoms with van der Waals surface area (Å²) in [4.78, 5) is 2.45. The zero-order valence-electron chi connectivity index (χ0n) is 11.0. The summed E-state index contributed by atoms with van der Waals surface area (Å²) in [5.41, 5.74) is 1.43. The molecule has 0 saturated heterocycles. The molecule has 1 aliphatic rings. The molecule has 17 heavy (non-hydrogen) atoms. The fourth-order valence-electron chi connectivity index (χ4n) is 2.15. The van der Waals surface area contributed by atoms with Crippen molar-refractivity contribution in [2.24, 2.45) is 0 Å². The van der Waals surface area contributed by atoms with Crippen LogP contribution in [0.3, 0.4) is 0 Å². The van der Waals surface area contributed by atoms with Gasteiger partial charge in [0.15, 0.2) is 0 Å². The fraction of sp³-hybridized carbons (Fsp3) is 0.571. The Bertz CT molecular complexity index is 376. The van der Waals surface area contributed by atoms with Gasteiger partial charge in [0.05, 0.1) is 0 Å². The molecule has 1 N–H and O–H groups in total. The summed E-state index contributed by atoms with van der Waals surface area (Å²) in [7, 11) is 2.02. The Labute approximate surface area is 104 Å². The zero-order valence-corrected chi connectivity index (χ0v) is 11.0. The Morgan fingerprint density at radius 2 is 2.12 bits per heavy atom. The van der Waals surface area contributed by atoms with E-state index >= 15 is 0 Å². The topological polar surface area (TPSA) is 24.5 Å². The van der Waals surface area contributed by atoms with E-state index in [0.717, 1.165) is 32.0 Å². The normalized spacial score (nSPS) is 17.1. The molecule has 1 heterocycles. The van der Waals surface area contributed by atoms with Crippen LogP contribution in [-0.4, -0.2) is 37.2 Å². The molecule has 2 rings (SSSR count). The van der Waals surface area contributed by atoms with Gasteiger partial charge in [0.1, 0.15) is 12.4 Å². The maximum Gasteiger partial charge on any atom is 0.123 e. The predicted octanol–water partition coefficient (Wildman–Crippen LogP) is 1.88. The van der Waals surface area contributed by atoms with Crippen LogP contribution in [0, 0.1) is 0 Å². The molecule has 0 spiro atoms. The minimum absolute atomic E-state index is 0.138. The van der Waals surface area contributed by atoms with E-state index in [2.05, 4.69) is 42.3 Å². The molecule has 1 aromatic rings. The molecule has 0 atom stereocenters. The summed E-state index contributed by atoms with van der Waals surface area (Å²) in [6.45, 7) is 8.22. The SMILES string of the molecule is CNC(C)(C)CN1CCOc2ccccc2C1. The molecular formula is C14H22N2O. The van der Waals surface area contributed by atoms with Crippen molar-refractivity contribution in [3.05, 3.63) is 29.8 Å². The number of rotatable bonds is 3. The molecule has 0 radical (unpaired) electrons. The highest BCUT2D eigenvalue weighted by Gasteiger charge is 2.22. The van der Waals surface area contributed by atoms with E-state index in [0.29, 0.717) is 0 Å². The Morgan fingerprint density at radius 3 is 2.88 bits per heavy atom. The predicted molar refractivity (Wildman–Crippen MR) is 70.4 cm³/mol. The lowest BCUT2D eigenvalue weighted by atomic mass is 10.0. The van der Waals surface area contributed by atoms with E-state index in [4.69, 9.17) is 4.74 Å². The van der Waals surface area contributed by atoms with Crippen LogP contribution in [0.5, 0.6) is 5.75 Å². The van der Waals surface area contributed by atoms with E-state index in [-0.39, 0.29) is 5.54 Å². The van der Waals surface area contributed by atoms with E-state index in [1.165, 1.54) is 5.56 Å². The van der Waals surface area contributed by atoms with Crippen LogP contribution in [0.4, 0.5) is 0 Å². The maximum absolute atomic E-state index is 5.76. The molecule has 0 aromatic heterocycles. The van der Waals surface area contributed by atoms with Gasteiger partial charge in [-0.25, -0.2) is 0 Å². The monoisotopic (exact) mass is 234 g/mol. The molecule has 0 saturated carbocycles. The van der Waals surface area contributed by atoms with Crippen LogP contribution >= 0.6 is 0 Å². The average Bonchev–Trinajstić information content (AvgIpc) is 2.50. The number of para-hydroxylation sites is 1. The molecule has 1 aliphatic heterocycles. The van der Waals surface area contributed by atoms with Crippen molar-refractivity contribution in [3.63, 3.8) is 0 Å². The molecule has 0 bridgehead atoms. The minimum atomic E-state index is 0.138. The lowest BCUT2D eigenvalue weighted by molar-refractivity contribution is 0.181. The number of nitrogens with one attached hydrogen (secondary N) is 1. The molecule has 0 aliphatic carbocycles. The number of benzene rings is 1. The van der Waals surface area contributed by atoms with Gasteiger partial charge >= 0.3 is 0 Å². The van der Waals surface area contributed by atoms with Gasteiger partial charge in [0.2, 0.25) is 0 Å². The highest BCUT2D eigenvalue weighted by atomic mass is 16.5. The molecule has 0 fully saturated rings. The molecule has 0 unspecified atom stereocenters. The van der Waals surface area contributed by atoms with E-state index in [9.17, 15) is 0 Å². The molecule has 1 aromatic carbocycles. The van der Waals surface area contributed by atoms with Crippen molar-refractivity contribution in [3.8, 4) is 5.75 Å². The Balaban J connectivity index is 2.08. The third-order valence-corrected chi connectivity index (χ3v) is 3.33. The summed E-state index contributed by atoms with van der Waals surface area (Å²) in [6, 6.07) is 8.32. The van der Waals surface area contributed by atoms with Crippen LogP contribution in [0.2, 0.25) is 0 Å². The van der Waals surface area contributed by atoms with Crippen LogP contribution in [0.15, 0.2) is 24.3 Å². The first-order chi connectivity index (χ1) is 8.11. The number of hydrogen-bond acceptors (Lipinski definition) is 3. The third kappa shape index (κ3) is 3.20. The van der Waals surface area contributed by atoms with Gasteiger partial charge in [-0.15, -0.1) is 0 Å². The quantitative estimate of drug-likeness (QED) is 0.864. The summed E-state index contributed by atoms with van der Waals surface area (Å²) in [5.74, 6) is 1.04. The van der Waals surface area contributed by atoms with Crippen molar-refractivity contribution >= 4 is 0 Å². The maximum atomic E-state index is 5.76. The summed E-state index contributed by atoms with van der Waals surface area (Å²) < 4.78 is 5.76.